The molecule has 3 aromatic heterocycles. The Bertz CT molecular complexity index is 1000. The zero-order valence-corrected chi connectivity index (χ0v) is 12.9. The molecule has 0 aliphatic carbocycles. The zero-order valence-electron chi connectivity index (χ0n) is 12.1. The number of H-pyrrole nitrogens is 1. The third kappa shape index (κ3) is 1.99. The number of nitrogens with one attached hydrogen (secondary N) is 1. The van der Waals surface area contributed by atoms with Crippen molar-refractivity contribution in [2.45, 2.75) is 5.16 Å². The van der Waals surface area contributed by atoms with Gasteiger partial charge in [0.05, 0.1) is 5.56 Å². The Hall–Kier alpha value is -2.62. The van der Waals surface area contributed by atoms with Crippen LogP contribution >= 0.6 is 11.8 Å². The van der Waals surface area contributed by atoms with Crippen molar-refractivity contribution in [3.8, 4) is 11.4 Å². The lowest BCUT2D eigenvalue weighted by Crippen LogP contribution is -2.36. The van der Waals surface area contributed by atoms with Gasteiger partial charge in [0.1, 0.15) is 17.2 Å². The van der Waals surface area contributed by atoms with E-state index in [-0.39, 0.29) is 17.0 Å². The number of aromatic amines is 1. The van der Waals surface area contributed by atoms with Gasteiger partial charge < -0.3 is 10.7 Å². The summed E-state index contributed by atoms with van der Waals surface area (Å²) in [6.07, 6.45) is 3.38. The average molecular weight is 319 g/mol. The Morgan fingerprint density at radius 3 is 2.59 bits per heavy atom. The molecule has 22 heavy (non-hydrogen) atoms. The second kappa shape index (κ2) is 4.98. The first-order chi connectivity index (χ1) is 10.4. The minimum Gasteiger partial charge on any atom is -0.383 e. The molecule has 3 N–H and O–H groups in total. The maximum Gasteiger partial charge on any atom is 0.332 e. The van der Waals surface area contributed by atoms with E-state index < -0.39 is 11.2 Å². The van der Waals surface area contributed by atoms with E-state index in [1.165, 1.54) is 29.6 Å². The Kier molecular flexibility index (Phi) is 3.24. The third-order valence-corrected chi connectivity index (χ3v) is 3.89. The summed E-state index contributed by atoms with van der Waals surface area (Å²) in [5.74, 6) is 0.596. The summed E-state index contributed by atoms with van der Waals surface area (Å²) in [7, 11) is 2.96. The molecule has 0 saturated carbocycles. The summed E-state index contributed by atoms with van der Waals surface area (Å²) < 4.78 is 2.31. The maximum atomic E-state index is 12.1. The van der Waals surface area contributed by atoms with Crippen molar-refractivity contribution >= 4 is 28.7 Å². The number of nitrogen functional groups attached to an aromatic ring is 1. The van der Waals surface area contributed by atoms with Crippen LogP contribution in [0.4, 0.5) is 5.82 Å². The lowest BCUT2D eigenvalue weighted by molar-refractivity contribution is 0.709. The van der Waals surface area contributed by atoms with Crippen LogP contribution in [0.5, 0.6) is 0 Å². The normalized spacial score (nSPS) is 11.2. The minimum absolute atomic E-state index is 0.230. The molecule has 0 amide bonds. The number of nitrogens with zero attached hydrogens (tertiary/aromatic N) is 5. The molecule has 0 bridgehead atoms. The van der Waals surface area contributed by atoms with Gasteiger partial charge in [-0.05, 0) is 6.26 Å². The number of aromatic nitrogens is 6. The minimum atomic E-state index is -0.447. The van der Waals surface area contributed by atoms with Crippen molar-refractivity contribution in [3.63, 3.8) is 0 Å². The second-order valence-corrected chi connectivity index (χ2v) is 5.42. The van der Waals surface area contributed by atoms with Gasteiger partial charge in [-0.1, -0.05) is 11.8 Å². The van der Waals surface area contributed by atoms with Crippen molar-refractivity contribution in [3.05, 3.63) is 27.0 Å². The average Bonchev–Trinajstić information content (AvgIpc) is 2.95. The first-order valence-electron chi connectivity index (χ1n) is 6.26. The Balaban J connectivity index is 2.30. The SMILES string of the molecule is CSc1ncc(-c2nc3c([nH]2)c(=O)n(C)c(=O)n3C)c(N)n1. The molecule has 0 radical (unpaired) electrons. The number of rotatable bonds is 2. The summed E-state index contributed by atoms with van der Waals surface area (Å²) >= 11 is 1.37. The third-order valence-electron chi connectivity index (χ3n) is 3.33. The van der Waals surface area contributed by atoms with E-state index in [9.17, 15) is 9.59 Å². The van der Waals surface area contributed by atoms with Gasteiger partial charge in [0.25, 0.3) is 5.56 Å². The molecule has 3 rings (SSSR count). The van der Waals surface area contributed by atoms with Crippen LogP contribution in [-0.2, 0) is 14.1 Å². The van der Waals surface area contributed by atoms with Crippen LogP contribution < -0.4 is 17.0 Å². The molecule has 3 heterocycles. The van der Waals surface area contributed by atoms with Crippen LogP contribution in [0.2, 0.25) is 0 Å². The molecule has 0 saturated heterocycles. The first kappa shape index (κ1) is 14.3. The van der Waals surface area contributed by atoms with E-state index in [4.69, 9.17) is 5.73 Å². The van der Waals surface area contributed by atoms with Gasteiger partial charge in [-0.2, -0.15) is 0 Å². The van der Waals surface area contributed by atoms with E-state index in [0.717, 1.165) is 4.57 Å². The Labute approximate surface area is 128 Å². The summed E-state index contributed by atoms with van der Waals surface area (Å²) in [5, 5.41) is 0.542. The molecule has 3 aromatic rings. The number of aryl methyl sites for hydroxylation is 1. The summed E-state index contributed by atoms with van der Waals surface area (Å²) in [5.41, 5.74) is 5.98. The van der Waals surface area contributed by atoms with Gasteiger partial charge in [0.2, 0.25) is 0 Å². The topological polar surface area (TPSA) is 124 Å². The molecule has 0 aliphatic rings. The van der Waals surface area contributed by atoms with Crippen molar-refractivity contribution in [2.24, 2.45) is 14.1 Å². The predicted octanol–water partition coefficient (Wildman–Crippen LogP) is -0.279. The van der Waals surface area contributed by atoms with Crippen LogP contribution in [0, 0.1) is 0 Å². The lowest BCUT2D eigenvalue weighted by Gasteiger charge is -2.02. The molecule has 0 fully saturated rings. The van der Waals surface area contributed by atoms with Gasteiger partial charge >= 0.3 is 5.69 Å². The predicted molar refractivity (Wildman–Crippen MR) is 83.8 cm³/mol. The monoisotopic (exact) mass is 319 g/mol. The number of nitrogens with two attached hydrogens (primary N) is 1. The van der Waals surface area contributed by atoms with Crippen molar-refractivity contribution in [2.75, 3.05) is 12.0 Å². The van der Waals surface area contributed by atoms with E-state index in [2.05, 4.69) is 19.9 Å². The molecular formula is C12H13N7O2S. The van der Waals surface area contributed by atoms with Crippen molar-refractivity contribution in [1.29, 1.82) is 0 Å². The quantitative estimate of drug-likeness (QED) is 0.491. The van der Waals surface area contributed by atoms with E-state index in [1.54, 1.807) is 7.05 Å². The van der Waals surface area contributed by atoms with E-state index in [0.29, 0.717) is 16.5 Å². The lowest BCUT2D eigenvalue weighted by atomic mass is 10.3. The highest BCUT2D eigenvalue weighted by Crippen LogP contribution is 2.23. The molecular weight excluding hydrogens is 306 g/mol. The maximum absolute atomic E-state index is 12.1. The van der Waals surface area contributed by atoms with Crippen LogP contribution in [0.1, 0.15) is 0 Å². The van der Waals surface area contributed by atoms with Gasteiger partial charge in [0.15, 0.2) is 10.8 Å². The highest BCUT2D eigenvalue weighted by atomic mass is 32.2. The molecule has 0 aromatic carbocycles. The second-order valence-electron chi connectivity index (χ2n) is 4.65. The highest BCUT2D eigenvalue weighted by molar-refractivity contribution is 7.98. The van der Waals surface area contributed by atoms with E-state index >= 15 is 0 Å². The molecule has 114 valence electrons. The number of anilines is 1. The number of fused-ring (bicyclic) bond motifs is 1. The summed E-state index contributed by atoms with van der Waals surface area (Å²) in [6, 6.07) is 0. The van der Waals surface area contributed by atoms with Gasteiger partial charge in [-0.15, -0.1) is 0 Å². The van der Waals surface area contributed by atoms with Crippen molar-refractivity contribution in [1.82, 2.24) is 29.1 Å². The van der Waals surface area contributed by atoms with Crippen molar-refractivity contribution < 1.29 is 0 Å². The fourth-order valence-electron chi connectivity index (χ4n) is 2.11. The van der Waals surface area contributed by atoms with Crippen LogP contribution in [0.15, 0.2) is 20.9 Å². The molecule has 0 aliphatic heterocycles. The molecule has 0 spiro atoms. The van der Waals surface area contributed by atoms with Gasteiger partial charge in [-0.25, -0.2) is 19.7 Å². The number of thioether (sulfide) groups is 1. The fourth-order valence-corrected chi connectivity index (χ4v) is 2.46. The fraction of sp³-hybridized carbons (Fsp3) is 0.250. The Morgan fingerprint density at radius 1 is 1.23 bits per heavy atom. The standard InChI is InChI=1S/C12H13N7O2S/c1-18-9-6(10(20)19(2)12(18)21)15-8(17-9)5-4-14-11(22-3)16-7(5)13/h4H,1-3H3,(H,15,17)(H2,13,14,16). The van der Waals surface area contributed by atoms with Gasteiger partial charge in [0, 0.05) is 20.3 Å². The molecule has 0 atom stereocenters. The van der Waals surface area contributed by atoms with Crippen LogP contribution in [-0.4, -0.2) is 35.3 Å². The molecule has 10 heteroatoms. The highest BCUT2D eigenvalue weighted by Gasteiger charge is 2.16. The van der Waals surface area contributed by atoms with Crippen LogP contribution in [0.25, 0.3) is 22.6 Å². The number of imidazole rings is 1. The van der Waals surface area contributed by atoms with Crippen LogP contribution in [0.3, 0.4) is 0 Å². The van der Waals surface area contributed by atoms with E-state index in [1.807, 2.05) is 6.26 Å². The largest absolute Gasteiger partial charge is 0.383 e. The molecule has 0 unspecified atom stereocenters. The molecule has 9 nitrogen and oxygen atoms in total. The van der Waals surface area contributed by atoms with Gasteiger partial charge in [-0.3, -0.25) is 13.9 Å². The summed E-state index contributed by atoms with van der Waals surface area (Å²) in [4.78, 5) is 39.5. The first-order valence-corrected chi connectivity index (χ1v) is 7.49. The smallest absolute Gasteiger partial charge is 0.332 e. The Morgan fingerprint density at radius 2 is 1.95 bits per heavy atom. The zero-order chi connectivity index (χ0) is 16.0. The number of hydrogen-bond acceptors (Lipinski definition) is 7. The summed E-state index contributed by atoms with van der Waals surface area (Å²) in [6.45, 7) is 0. The number of hydrogen-bond donors (Lipinski definition) is 2.